The molecule has 0 fully saturated rings. The fourth-order valence-electron chi connectivity index (χ4n) is 1.41. The fraction of sp³-hybridized carbons (Fsp3) is 0.500. The van der Waals surface area contributed by atoms with Crippen LogP contribution in [0.5, 0.6) is 5.75 Å². The standard InChI is InChI=1S/C12H19N3O2/c1-4-14-12(16)9(3)17-11-6-5-8(2)15-10(11)7-13/h5-6,9H,4,7,13H2,1-3H3,(H,14,16). The number of nitrogens with two attached hydrogens (primary N) is 1. The number of amides is 1. The van der Waals surface area contributed by atoms with Crippen LogP contribution >= 0.6 is 0 Å². The molecule has 1 atom stereocenters. The van der Waals surface area contributed by atoms with Crippen LogP contribution in [0, 0.1) is 6.92 Å². The van der Waals surface area contributed by atoms with Gasteiger partial charge in [0.1, 0.15) is 5.75 Å². The number of likely N-dealkylation sites (N-methyl/N-ethyl adjacent to an activating group) is 1. The first-order valence-corrected chi connectivity index (χ1v) is 5.69. The van der Waals surface area contributed by atoms with E-state index in [2.05, 4.69) is 10.3 Å². The van der Waals surface area contributed by atoms with E-state index in [1.807, 2.05) is 19.9 Å². The molecule has 0 aliphatic heterocycles. The maximum absolute atomic E-state index is 11.5. The Kier molecular flexibility index (Phi) is 4.90. The molecule has 1 amide bonds. The van der Waals surface area contributed by atoms with Crippen molar-refractivity contribution in [1.82, 2.24) is 10.3 Å². The van der Waals surface area contributed by atoms with E-state index >= 15 is 0 Å². The minimum absolute atomic E-state index is 0.143. The number of aromatic nitrogens is 1. The van der Waals surface area contributed by atoms with E-state index in [1.54, 1.807) is 13.0 Å². The molecule has 1 heterocycles. The maximum atomic E-state index is 11.5. The van der Waals surface area contributed by atoms with Crippen LogP contribution in [0.2, 0.25) is 0 Å². The van der Waals surface area contributed by atoms with Gasteiger partial charge in [0, 0.05) is 18.8 Å². The Bertz CT molecular complexity index is 393. The average molecular weight is 237 g/mol. The highest BCUT2D eigenvalue weighted by Gasteiger charge is 2.15. The minimum Gasteiger partial charge on any atom is -0.479 e. The molecule has 1 aromatic heterocycles. The first-order chi connectivity index (χ1) is 8.08. The first kappa shape index (κ1) is 13.4. The third-order valence-corrected chi connectivity index (χ3v) is 2.29. The highest BCUT2D eigenvalue weighted by molar-refractivity contribution is 5.80. The molecule has 0 aromatic carbocycles. The zero-order valence-electron chi connectivity index (χ0n) is 10.5. The van der Waals surface area contributed by atoms with Gasteiger partial charge in [-0.1, -0.05) is 0 Å². The van der Waals surface area contributed by atoms with Crippen LogP contribution in [0.4, 0.5) is 0 Å². The van der Waals surface area contributed by atoms with Gasteiger partial charge in [-0.15, -0.1) is 0 Å². The van der Waals surface area contributed by atoms with E-state index < -0.39 is 6.10 Å². The fourth-order valence-corrected chi connectivity index (χ4v) is 1.41. The third-order valence-electron chi connectivity index (χ3n) is 2.29. The summed E-state index contributed by atoms with van der Waals surface area (Å²) in [4.78, 5) is 15.8. The molecule has 5 heteroatoms. The van der Waals surface area contributed by atoms with Gasteiger partial charge in [0.15, 0.2) is 6.10 Å². The van der Waals surface area contributed by atoms with Gasteiger partial charge in [0.2, 0.25) is 0 Å². The summed E-state index contributed by atoms with van der Waals surface area (Å²) in [6, 6.07) is 3.62. The second kappa shape index (κ2) is 6.20. The van der Waals surface area contributed by atoms with Crippen LogP contribution in [0.25, 0.3) is 0 Å². The van der Waals surface area contributed by atoms with Gasteiger partial charge in [0.05, 0.1) is 5.69 Å². The average Bonchev–Trinajstić information content (AvgIpc) is 2.31. The van der Waals surface area contributed by atoms with Crippen LogP contribution in [0.1, 0.15) is 25.2 Å². The molecular weight excluding hydrogens is 218 g/mol. The van der Waals surface area contributed by atoms with E-state index in [0.29, 0.717) is 24.5 Å². The number of nitrogens with one attached hydrogen (secondary N) is 1. The second-order valence-corrected chi connectivity index (χ2v) is 3.76. The number of hydrogen-bond acceptors (Lipinski definition) is 4. The Morgan fingerprint density at radius 1 is 1.59 bits per heavy atom. The number of carbonyl (C=O) groups is 1. The van der Waals surface area contributed by atoms with E-state index in [4.69, 9.17) is 10.5 Å². The number of ether oxygens (including phenoxy) is 1. The Morgan fingerprint density at radius 2 is 2.29 bits per heavy atom. The minimum atomic E-state index is -0.551. The van der Waals surface area contributed by atoms with Crippen molar-refractivity contribution in [2.24, 2.45) is 5.73 Å². The topological polar surface area (TPSA) is 77.2 Å². The zero-order valence-corrected chi connectivity index (χ0v) is 10.5. The summed E-state index contributed by atoms with van der Waals surface area (Å²) in [5.41, 5.74) is 7.13. The molecule has 1 aromatic rings. The summed E-state index contributed by atoms with van der Waals surface area (Å²) < 4.78 is 5.55. The molecule has 1 unspecified atom stereocenters. The SMILES string of the molecule is CCNC(=O)C(C)Oc1ccc(C)nc1CN. The molecule has 1 rings (SSSR count). The molecule has 17 heavy (non-hydrogen) atoms. The molecule has 3 N–H and O–H groups in total. The van der Waals surface area contributed by atoms with E-state index in [1.165, 1.54) is 0 Å². The van der Waals surface area contributed by atoms with Crippen molar-refractivity contribution in [1.29, 1.82) is 0 Å². The van der Waals surface area contributed by atoms with Crippen molar-refractivity contribution in [3.8, 4) is 5.75 Å². The van der Waals surface area contributed by atoms with Crippen molar-refractivity contribution in [3.05, 3.63) is 23.5 Å². The maximum Gasteiger partial charge on any atom is 0.260 e. The molecular formula is C12H19N3O2. The summed E-state index contributed by atoms with van der Waals surface area (Å²) >= 11 is 0. The highest BCUT2D eigenvalue weighted by Crippen LogP contribution is 2.17. The molecule has 5 nitrogen and oxygen atoms in total. The van der Waals surface area contributed by atoms with Crippen LogP contribution in [-0.4, -0.2) is 23.5 Å². The van der Waals surface area contributed by atoms with Crippen LogP contribution in [0.15, 0.2) is 12.1 Å². The predicted molar refractivity (Wildman–Crippen MR) is 65.6 cm³/mol. The summed E-state index contributed by atoms with van der Waals surface area (Å²) in [6.45, 7) is 6.33. The van der Waals surface area contributed by atoms with Gasteiger partial charge in [-0.2, -0.15) is 0 Å². The molecule has 0 saturated heterocycles. The van der Waals surface area contributed by atoms with Crippen molar-refractivity contribution in [2.45, 2.75) is 33.4 Å². The number of pyridine rings is 1. The number of hydrogen-bond donors (Lipinski definition) is 2. The Morgan fingerprint density at radius 3 is 2.88 bits per heavy atom. The van der Waals surface area contributed by atoms with Crippen molar-refractivity contribution >= 4 is 5.91 Å². The van der Waals surface area contributed by atoms with Crippen LogP contribution in [-0.2, 0) is 11.3 Å². The van der Waals surface area contributed by atoms with Gasteiger partial charge in [-0.3, -0.25) is 9.78 Å². The lowest BCUT2D eigenvalue weighted by Crippen LogP contribution is -2.36. The molecule has 0 radical (unpaired) electrons. The summed E-state index contributed by atoms with van der Waals surface area (Å²) in [6.07, 6.45) is -0.551. The number of rotatable bonds is 5. The number of aryl methyl sites for hydroxylation is 1. The monoisotopic (exact) mass is 237 g/mol. The molecule has 94 valence electrons. The molecule has 0 aliphatic carbocycles. The van der Waals surface area contributed by atoms with E-state index in [0.717, 1.165) is 5.69 Å². The summed E-state index contributed by atoms with van der Waals surface area (Å²) in [7, 11) is 0. The molecule has 0 saturated carbocycles. The largest absolute Gasteiger partial charge is 0.479 e. The van der Waals surface area contributed by atoms with Crippen molar-refractivity contribution in [2.75, 3.05) is 6.54 Å². The van der Waals surface area contributed by atoms with Gasteiger partial charge in [-0.25, -0.2) is 0 Å². The lowest BCUT2D eigenvalue weighted by atomic mass is 10.2. The van der Waals surface area contributed by atoms with Gasteiger partial charge in [0.25, 0.3) is 5.91 Å². The van der Waals surface area contributed by atoms with Gasteiger partial charge >= 0.3 is 0 Å². The first-order valence-electron chi connectivity index (χ1n) is 5.69. The second-order valence-electron chi connectivity index (χ2n) is 3.76. The van der Waals surface area contributed by atoms with E-state index in [9.17, 15) is 4.79 Å². The van der Waals surface area contributed by atoms with E-state index in [-0.39, 0.29) is 5.91 Å². The molecule has 0 bridgehead atoms. The smallest absolute Gasteiger partial charge is 0.260 e. The van der Waals surface area contributed by atoms with Crippen molar-refractivity contribution in [3.63, 3.8) is 0 Å². The van der Waals surface area contributed by atoms with Crippen LogP contribution in [0.3, 0.4) is 0 Å². The Labute approximate surface area is 101 Å². The lowest BCUT2D eigenvalue weighted by Gasteiger charge is -2.16. The molecule has 0 spiro atoms. The van der Waals surface area contributed by atoms with Crippen molar-refractivity contribution < 1.29 is 9.53 Å². The predicted octanol–water partition coefficient (Wildman–Crippen LogP) is 0.752. The zero-order chi connectivity index (χ0) is 12.8. The van der Waals surface area contributed by atoms with Gasteiger partial charge < -0.3 is 15.8 Å². The number of carbonyl (C=O) groups excluding carboxylic acids is 1. The Hall–Kier alpha value is -1.62. The highest BCUT2D eigenvalue weighted by atomic mass is 16.5. The summed E-state index contributed by atoms with van der Waals surface area (Å²) in [5.74, 6) is 0.424. The lowest BCUT2D eigenvalue weighted by molar-refractivity contribution is -0.127. The summed E-state index contributed by atoms with van der Waals surface area (Å²) in [5, 5.41) is 2.70. The number of nitrogens with zero attached hydrogens (tertiary/aromatic N) is 1. The Balaban J connectivity index is 2.77. The van der Waals surface area contributed by atoms with Gasteiger partial charge in [-0.05, 0) is 32.9 Å². The normalized spacial score (nSPS) is 12.0. The molecule has 0 aliphatic rings. The quantitative estimate of drug-likeness (QED) is 0.792. The van der Waals surface area contributed by atoms with Crippen LogP contribution < -0.4 is 15.8 Å². The third kappa shape index (κ3) is 3.71.